The normalized spacial score (nSPS) is 25.3. The van der Waals surface area contributed by atoms with Gasteiger partial charge in [-0.3, -0.25) is 9.78 Å². The van der Waals surface area contributed by atoms with E-state index < -0.39 is 0 Å². The van der Waals surface area contributed by atoms with Gasteiger partial charge in [-0.15, -0.1) is 0 Å². The maximum absolute atomic E-state index is 12.5. The number of anilines is 1. The maximum Gasteiger partial charge on any atom is 0.237 e. The fraction of sp³-hybridized carbons (Fsp3) is 0.389. The molecule has 0 unspecified atom stereocenters. The van der Waals surface area contributed by atoms with Gasteiger partial charge in [-0.2, -0.15) is 0 Å². The molecular weight excluding hydrogens is 290 g/mol. The summed E-state index contributed by atoms with van der Waals surface area (Å²) in [6.45, 7) is 0. The van der Waals surface area contributed by atoms with Gasteiger partial charge in [0.25, 0.3) is 0 Å². The van der Waals surface area contributed by atoms with Crippen molar-refractivity contribution in [3.8, 4) is 11.6 Å². The lowest BCUT2D eigenvalue weighted by atomic mass is 9.88. The van der Waals surface area contributed by atoms with E-state index in [2.05, 4.69) is 15.3 Å². The Bertz CT molecular complexity index is 704. The first-order valence-electron chi connectivity index (χ1n) is 8.13. The molecule has 1 aromatic carbocycles. The molecule has 2 aliphatic rings. The van der Waals surface area contributed by atoms with Crippen molar-refractivity contribution in [3.05, 3.63) is 42.9 Å². The van der Waals surface area contributed by atoms with Crippen LogP contribution in [0.2, 0.25) is 0 Å². The number of ether oxygens (including phenoxy) is 1. The molecule has 23 heavy (non-hydrogen) atoms. The predicted octanol–water partition coefficient (Wildman–Crippen LogP) is 3.64. The molecule has 2 saturated carbocycles. The maximum atomic E-state index is 12.5. The fourth-order valence-electron chi connectivity index (χ4n) is 3.90. The molecule has 118 valence electrons. The van der Waals surface area contributed by atoms with Crippen LogP contribution in [-0.2, 0) is 4.79 Å². The molecule has 4 rings (SSSR count). The topological polar surface area (TPSA) is 64.1 Å². The zero-order chi connectivity index (χ0) is 15.6. The Kier molecular flexibility index (Phi) is 3.69. The average molecular weight is 309 g/mol. The van der Waals surface area contributed by atoms with Gasteiger partial charge >= 0.3 is 0 Å². The highest BCUT2D eigenvalue weighted by atomic mass is 16.5. The molecule has 0 aliphatic heterocycles. The lowest BCUT2D eigenvalue weighted by Gasteiger charge is -2.20. The van der Waals surface area contributed by atoms with E-state index in [1.165, 1.54) is 19.3 Å². The standard InChI is InChI=1S/C18H19N3O2/c22-18(16-9-12-4-5-13(16)8-12)21-14-2-1-3-15(10-14)23-17-11-19-6-7-20-17/h1-3,6-7,10-13,16H,4-5,8-9H2,(H,21,22)/t12-,13-,16+/m0/s1. The first-order valence-corrected chi connectivity index (χ1v) is 8.13. The second-order valence-electron chi connectivity index (χ2n) is 6.44. The van der Waals surface area contributed by atoms with Crippen LogP contribution in [0, 0.1) is 17.8 Å². The first-order chi connectivity index (χ1) is 11.3. The molecule has 0 radical (unpaired) electrons. The number of hydrogen-bond donors (Lipinski definition) is 1. The van der Waals surface area contributed by atoms with E-state index in [4.69, 9.17) is 4.74 Å². The largest absolute Gasteiger partial charge is 0.437 e. The van der Waals surface area contributed by atoms with E-state index in [0.29, 0.717) is 17.5 Å². The Morgan fingerprint density at radius 1 is 1.22 bits per heavy atom. The number of fused-ring (bicyclic) bond motifs is 2. The summed E-state index contributed by atoms with van der Waals surface area (Å²) in [7, 11) is 0. The second kappa shape index (κ2) is 5.99. The van der Waals surface area contributed by atoms with Crippen LogP contribution in [0.4, 0.5) is 5.69 Å². The van der Waals surface area contributed by atoms with Gasteiger partial charge in [0.1, 0.15) is 5.75 Å². The van der Waals surface area contributed by atoms with E-state index in [9.17, 15) is 4.79 Å². The van der Waals surface area contributed by atoms with Crippen LogP contribution in [0.3, 0.4) is 0 Å². The van der Waals surface area contributed by atoms with E-state index in [-0.39, 0.29) is 11.8 Å². The van der Waals surface area contributed by atoms with Crippen LogP contribution in [0.1, 0.15) is 25.7 Å². The number of nitrogens with zero attached hydrogens (tertiary/aromatic N) is 2. The molecule has 1 amide bonds. The lowest BCUT2D eigenvalue weighted by molar-refractivity contribution is -0.121. The number of carbonyl (C=O) groups is 1. The molecule has 5 heteroatoms. The van der Waals surface area contributed by atoms with Crippen molar-refractivity contribution in [2.45, 2.75) is 25.7 Å². The minimum atomic E-state index is 0.147. The van der Waals surface area contributed by atoms with Crippen molar-refractivity contribution in [1.82, 2.24) is 9.97 Å². The number of aromatic nitrogens is 2. The van der Waals surface area contributed by atoms with Gasteiger partial charge in [0.05, 0.1) is 6.20 Å². The fourth-order valence-corrected chi connectivity index (χ4v) is 3.90. The van der Waals surface area contributed by atoms with Gasteiger partial charge < -0.3 is 10.1 Å². The van der Waals surface area contributed by atoms with Crippen LogP contribution in [-0.4, -0.2) is 15.9 Å². The van der Waals surface area contributed by atoms with Crippen molar-refractivity contribution in [1.29, 1.82) is 0 Å². The van der Waals surface area contributed by atoms with Gasteiger partial charge in [-0.25, -0.2) is 4.98 Å². The second-order valence-corrected chi connectivity index (χ2v) is 6.44. The number of benzene rings is 1. The zero-order valence-electron chi connectivity index (χ0n) is 12.8. The minimum Gasteiger partial charge on any atom is -0.437 e. The molecule has 2 aliphatic carbocycles. The van der Waals surface area contributed by atoms with Crippen molar-refractivity contribution >= 4 is 11.6 Å². The summed E-state index contributed by atoms with van der Waals surface area (Å²) in [5, 5.41) is 3.04. The van der Waals surface area contributed by atoms with Gasteiger partial charge in [0, 0.05) is 30.1 Å². The number of carbonyl (C=O) groups excluding carboxylic acids is 1. The van der Waals surface area contributed by atoms with E-state index in [1.807, 2.05) is 24.3 Å². The Morgan fingerprint density at radius 3 is 2.91 bits per heavy atom. The molecular formula is C18H19N3O2. The smallest absolute Gasteiger partial charge is 0.237 e. The summed E-state index contributed by atoms with van der Waals surface area (Å²) in [5.41, 5.74) is 0.763. The first kappa shape index (κ1) is 14.2. The third-order valence-electron chi connectivity index (χ3n) is 4.94. The number of rotatable bonds is 4. The molecule has 0 saturated heterocycles. The molecule has 2 fully saturated rings. The monoisotopic (exact) mass is 309 g/mol. The average Bonchev–Trinajstić information content (AvgIpc) is 3.19. The van der Waals surface area contributed by atoms with Crippen LogP contribution < -0.4 is 10.1 Å². The molecule has 1 heterocycles. The van der Waals surface area contributed by atoms with Crippen molar-refractivity contribution in [2.24, 2.45) is 17.8 Å². The Morgan fingerprint density at radius 2 is 2.17 bits per heavy atom. The zero-order valence-corrected chi connectivity index (χ0v) is 12.8. The summed E-state index contributed by atoms with van der Waals surface area (Å²) >= 11 is 0. The Labute approximate surface area is 135 Å². The molecule has 1 aromatic heterocycles. The van der Waals surface area contributed by atoms with Gasteiger partial charge in [-0.05, 0) is 43.2 Å². The third-order valence-corrected chi connectivity index (χ3v) is 4.94. The number of amides is 1. The van der Waals surface area contributed by atoms with Crippen molar-refractivity contribution in [2.75, 3.05) is 5.32 Å². The van der Waals surface area contributed by atoms with Gasteiger partial charge in [-0.1, -0.05) is 12.5 Å². The SMILES string of the molecule is O=C(Nc1cccc(Oc2cnccn2)c1)[C@@H]1C[C@H]2CC[C@H]1C2. The predicted molar refractivity (Wildman–Crippen MR) is 86.1 cm³/mol. The third kappa shape index (κ3) is 3.04. The van der Waals surface area contributed by atoms with Crippen LogP contribution in [0.15, 0.2) is 42.9 Å². The number of hydrogen-bond acceptors (Lipinski definition) is 4. The molecule has 1 N–H and O–H groups in total. The highest BCUT2D eigenvalue weighted by Gasteiger charge is 2.42. The Balaban J connectivity index is 1.43. The number of nitrogens with one attached hydrogen (secondary N) is 1. The quantitative estimate of drug-likeness (QED) is 0.936. The molecule has 2 aromatic rings. The highest BCUT2D eigenvalue weighted by Crippen LogP contribution is 2.48. The van der Waals surface area contributed by atoms with Crippen LogP contribution in [0.5, 0.6) is 11.6 Å². The van der Waals surface area contributed by atoms with Gasteiger partial charge in [0.2, 0.25) is 11.8 Å². The van der Waals surface area contributed by atoms with Crippen molar-refractivity contribution in [3.63, 3.8) is 0 Å². The van der Waals surface area contributed by atoms with Crippen LogP contribution in [0.25, 0.3) is 0 Å². The summed E-state index contributed by atoms with van der Waals surface area (Å²) in [4.78, 5) is 20.5. The molecule has 0 spiro atoms. The summed E-state index contributed by atoms with van der Waals surface area (Å²) in [6.07, 6.45) is 9.52. The van der Waals surface area contributed by atoms with E-state index in [0.717, 1.165) is 18.0 Å². The van der Waals surface area contributed by atoms with Crippen LogP contribution >= 0.6 is 0 Å². The molecule has 3 atom stereocenters. The summed E-state index contributed by atoms with van der Waals surface area (Å²) in [6, 6.07) is 7.40. The van der Waals surface area contributed by atoms with E-state index in [1.54, 1.807) is 18.6 Å². The summed E-state index contributed by atoms with van der Waals surface area (Å²) < 4.78 is 5.65. The minimum absolute atomic E-state index is 0.147. The highest BCUT2D eigenvalue weighted by molar-refractivity contribution is 5.93. The van der Waals surface area contributed by atoms with E-state index >= 15 is 0 Å². The van der Waals surface area contributed by atoms with Crippen molar-refractivity contribution < 1.29 is 9.53 Å². The Hall–Kier alpha value is -2.43. The van der Waals surface area contributed by atoms with Gasteiger partial charge in [0.15, 0.2) is 0 Å². The summed E-state index contributed by atoms with van der Waals surface area (Å²) in [5.74, 6) is 2.74. The lowest BCUT2D eigenvalue weighted by Crippen LogP contribution is -2.27. The molecule has 2 bridgehead atoms. The molecule has 5 nitrogen and oxygen atoms in total.